The van der Waals surface area contributed by atoms with Crippen molar-refractivity contribution in [3.05, 3.63) is 58.6 Å². The number of benzene rings is 2. The van der Waals surface area contributed by atoms with Gasteiger partial charge in [-0.3, -0.25) is 4.79 Å². The maximum absolute atomic E-state index is 12.5. The van der Waals surface area contributed by atoms with Gasteiger partial charge >= 0.3 is 0 Å². The standard InChI is InChI=1S/C20H24ClNO3/c1-4-5-19(25-18-11-6-14(2)12-17(18)21)20(23)22-13-15-7-9-16(24-3)10-8-15/h6-12,19H,4-5,13H2,1-3H3,(H,22,23). The lowest BCUT2D eigenvalue weighted by Gasteiger charge is -2.19. The molecule has 134 valence electrons. The zero-order chi connectivity index (χ0) is 18.2. The average molecular weight is 362 g/mol. The van der Waals surface area contributed by atoms with Crippen LogP contribution in [0.5, 0.6) is 11.5 Å². The molecule has 0 bridgehead atoms. The van der Waals surface area contributed by atoms with Crippen LogP contribution in [-0.2, 0) is 11.3 Å². The molecule has 0 saturated heterocycles. The molecule has 1 atom stereocenters. The quantitative estimate of drug-likeness (QED) is 0.751. The van der Waals surface area contributed by atoms with E-state index in [0.29, 0.717) is 23.7 Å². The molecule has 0 aliphatic carbocycles. The molecule has 0 aromatic heterocycles. The topological polar surface area (TPSA) is 47.6 Å². The van der Waals surface area contributed by atoms with Crippen molar-refractivity contribution in [2.45, 2.75) is 39.3 Å². The number of hydrogen-bond donors (Lipinski definition) is 1. The third-order valence-electron chi connectivity index (χ3n) is 3.83. The average Bonchev–Trinajstić information content (AvgIpc) is 2.61. The fourth-order valence-electron chi connectivity index (χ4n) is 2.41. The Morgan fingerprint density at radius 2 is 1.92 bits per heavy atom. The van der Waals surface area contributed by atoms with Crippen molar-refractivity contribution in [2.75, 3.05) is 7.11 Å². The minimum Gasteiger partial charge on any atom is -0.497 e. The molecular weight excluding hydrogens is 338 g/mol. The largest absolute Gasteiger partial charge is 0.497 e. The molecule has 0 heterocycles. The number of amides is 1. The summed E-state index contributed by atoms with van der Waals surface area (Å²) in [6.45, 7) is 4.42. The zero-order valence-corrected chi connectivity index (χ0v) is 15.6. The van der Waals surface area contributed by atoms with Gasteiger partial charge in [0.1, 0.15) is 11.5 Å². The number of carbonyl (C=O) groups excluding carboxylic acids is 1. The Balaban J connectivity index is 1.98. The highest BCUT2D eigenvalue weighted by molar-refractivity contribution is 6.32. The maximum Gasteiger partial charge on any atom is 0.261 e. The van der Waals surface area contributed by atoms with Gasteiger partial charge in [-0.1, -0.05) is 43.1 Å². The molecule has 0 radical (unpaired) electrons. The second kappa shape index (κ2) is 9.33. The second-order valence-corrected chi connectivity index (χ2v) is 6.30. The Morgan fingerprint density at radius 3 is 2.52 bits per heavy atom. The molecular formula is C20H24ClNO3. The molecule has 0 aliphatic heterocycles. The summed E-state index contributed by atoms with van der Waals surface area (Å²) >= 11 is 6.21. The fraction of sp³-hybridized carbons (Fsp3) is 0.350. The SMILES string of the molecule is CCCC(Oc1ccc(C)cc1Cl)C(=O)NCc1ccc(OC)cc1. The van der Waals surface area contributed by atoms with Gasteiger partial charge in [-0.15, -0.1) is 0 Å². The molecule has 4 nitrogen and oxygen atoms in total. The molecule has 0 spiro atoms. The molecule has 1 unspecified atom stereocenters. The Hall–Kier alpha value is -2.20. The number of nitrogens with one attached hydrogen (secondary N) is 1. The van der Waals surface area contributed by atoms with Gasteiger partial charge in [-0.25, -0.2) is 0 Å². The van der Waals surface area contributed by atoms with E-state index in [1.807, 2.05) is 50.2 Å². The maximum atomic E-state index is 12.5. The van der Waals surface area contributed by atoms with E-state index in [2.05, 4.69) is 5.32 Å². The van der Waals surface area contributed by atoms with Crippen LogP contribution in [-0.4, -0.2) is 19.1 Å². The van der Waals surface area contributed by atoms with Gasteiger partial charge in [0.05, 0.1) is 12.1 Å². The highest BCUT2D eigenvalue weighted by Crippen LogP contribution is 2.27. The second-order valence-electron chi connectivity index (χ2n) is 5.89. The van der Waals surface area contributed by atoms with Crippen LogP contribution in [0.3, 0.4) is 0 Å². The lowest BCUT2D eigenvalue weighted by molar-refractivity contribution is -0.128. The monoisotopic (exact) mass is 361 g/mol. The van der Waals surface area contributed by atoms with Gasteiger partial charge in [0.2, 0.25) is 0 Å². The van der Waals surface area contributed by atoms with Gasteiger partial charge in [-0.05, 0) is 48.7 Å². The van der Waals surface area contributed by atoms with Crippen molar-refractivity contribution in [3.8, 4) is 11.5 Å². The lowest BCUT2D eigenvalue weighted by Crippen LogP contribution is -2.38. The number of aryl methyl sites for hydroxylation is 1. The highest BCUT2D eigenvalue weighted by atomic mass is 35.5. The molecule has 0 aliphatic rings. The third kappa shape index (κ3) is 5.68. The van der Waals surface area contributed by atoms with E-state index in [4.69, 9.17) is 21.1 Å². The number of halogens is 1. The first-order chi connectivity index (χ1) is 12.0. The van der Waals surface area contributed by atoms with E-state index in [0.717, 1.165) is 23.3 Å². The third-order valence-corrected chi connectivity index (χ3v) is 4.12. The summed E-state index contributed by atoms with van der Waals surface area (Å²) in [6.07, 6.45) is 0.895. The summed E-state index contributed by atoms with van der Waals surface area (Å²) in [5.41, 5.74) is 2.05. The van der Waals surface area contributed by atoms with Crippen molar-refractivity contribution in [1.29, 1.82) is 0 Å². The van der Waals surface area contributed by atoms with Gasteiger partial charge in [0.15, 0.2) is 6.10 Å². The van der Waals surface area contributed by atoms with E-state index >= 15 is 0 Å². The first-order valence-corrected chi connectivity index (χ1v) is 8.74. The highest BCUT2D eigenvalue weighted by Gasteiger charge is 2.20. The number of ether oxygens (including phenoxy) is 2. The number of rotatable bonds is 8. The van der Waals surface area contributed by atoms with Crippen LogP contribution in [0.2, 0.25) is 5.02 Å². The Labute approximate surface area is 154 Å². The number of hydrogen-bond acceptors (Lipinski definition) is 3. The molecule has 1 amide bonds. The predicted octanol–water partition coefficient (Wildman–Crippen LogP) is 4.52. The van der Waals surface area contributed by atoms with Crippen molar-refractivity contribution >= 4 is 17.5 Å². The van der Waals surface area contributed by atoms with Crippen molar-refractivity contribution in [3.63, 3.8) is 0 Å². The first kappa shape index (κ1) is 19.1. The van der Waals surface area contributed by atoms with Crippen LogP contribution in [0, 0.1) is 6.92 Å². The smallest absolute Gasteiger partial charge is 0.261 e. The molecule has 0 saturated carbocycles. The summed E-state index contributed by atoms with van der Waals surface area (Å²) in [5.74, 6) is 1.18. The number of carbonyl (C=O) groups is 1. The minimum atomic E-state index is -0.566. The van der Waals surface area contributed by atoms with E-state index < -0.39 is 6.10 Å². The van der Waals surface area contributed by atoms with E-state index in [9.17, 15) is 4.79 Å². The van der Waals surface area contributed by atoms with Crippen molar-refractivity contribution in [2.24, 2.45) is 0 Å². The van der Waals surface area contributed by atoms with Gasteiger partial charge in [0.25, 0.3) is 5.91 Å². The first-order valence-electron chi connectivity index (χ1n) is 8.37. The normalized spacial score (nSPS) is 11.7. The van der Waals surface area contributed by atoms with Gasteiger partial charge in [-0.2, -0.15) is 0 Å². The number of methoxy groups -OCH3 is 1. The predicted molar refractivity (Wildman–Crippen MR) is 100 cm³/mol. The molecule has 1 N–H and O–H groups in total. The molecule has 25 heavy (non-hydrogen) atoms. The summed E-state index contributed by atoms with van der Waals surface area (Å²) in [4.78, 5) is 12.5. The molecule has 2 aromatic rings. The Kier molecular flexibility index (Phi) is 7.14. The minimum absolute atomic E-state index is 0.144. The molecule has 5 heteroatoms. The van der Waals surface area contributed by atoms with E-state index in [1.54, 1.807) is 13.2 Å². The van der Waals surface area contributed by atoms with Crippen LogP contribution >= 0.6 is 11.6 Å². The fourth-order valence-corrected chi connectivity index (χ4v) is 2.69. The van der Waals surface area contributed by atoms with E-state index in [1.165, 1.54) is 0 Å². The van der Waals surface area contributed by atoms with Crippen LogP contribution in [0.25, 0.3) is 0 Å². The van der Waals surface area contributed by atoms with E-state index in [-0.39, 0.29) is 5.91 Å². The Bertz CT molecular complexity index is 701. The molecule has 2 aromatic carbocycles. The van der Waals surface area contributed by atoms with Crippen LogP contribution in [0.1, 0.15) is 30.9 Å². The summed E-state index contributed by atoms with van der Waals surface area (Å²) in [6, 6.07) is 13.1. The summed E-state index contributed by atoms with van der Waals surface area (Å²) in [5, 5.41) is 3.44. The van der Waals surface area contributed by atoms with Gasteiger partial charge in [0, 0.05) is 6.54 Å². The zero-order valence-electron chi connectivity index (χ0n) is 14.8. The summed E-state index contributed by atoms with van der Waals surface area (Å²) in [7, 11) is 1.62. The van der Waals surface area contributed by atoms with Crippen molar-refractivity contribution in [1.82, 2.24) is 5.32 Å². The Morgan fingerprint density at radius 1 is 1.20 bits per heavy atom. The molecule has 2 rings (SSSR count). The van der Waals surface area contributed by atoms with Crippen LogP contribution in [0.15, 0.2) is 42.5 Å². The molecule has 0 fully saturated rings. The lowest BCUT2D eigenvalue weighted by atomic mass is 10.1. The van der Waals surface area contributed by atoms with Crippen molar-refractivity contribution < 1.29 is 14.3 Å². The van der Waals surface area contributed by atoms with Crippen LogP contribution in [0.4, 0.5) is 0 Å². The summed E-state index contributed by atoms with van der Waals surface area (Å²) < 4.78 is 11.0. The van der Waals surface area contributed by atoms with Crippen LogP contribution < -0.4 is 14.8 Å². The van der Waals surface area contributed by atoms with Gasteiger partial charge < -0.3 is 14.8 Å².